The summed E-state index contributed by atoms with van der Waals surface area (Å²) in [5.74, 6) is 1.02. The van der Waals surface area contributed by atoms with Gasteiger partial charge >= 0.3 is 5.97 Å². The Labute approximate surface area is 129 Å². The highest BCUT2D eigenvalue weighted by Gasteiger charge is 2.26. The van der Waals surface area contributed by atoms with Crippen molar-refractivity contribution in [2.75, 3.05) is 13.7 Å². The van der Waals surface area contributed by atoms with Gasteiger partial charge in [-0.05, 0) is 31.5 Å². The molecule has 22 heavy (non-hydrogen) atoms. The van der Waals surface area contributed by atoms with Crippen LogP contribution in [-0.4, -0.2) is 29.5 Å². The fraction of sp³-hybridized carbons (Fsp3) is 0.500. The molecule has 118 valence electrons. The number of carbonyl (C=O) groups is 1. The van der Waals surface area contributed by atoms with Gasteiger partial charge in [-0.2, -0.15) is 0 Å². The Morgan fingerprint density at radius 3 is 3.09 bits per heavy atom. The number of carbonyl (C=O) groups excluding carboxylic acids is 1. The topological polar surface area (TPSA) is 68.7 Å². The standard InChI is InChI=1S/C16H20N2O4/c1-20-16(19)12-11-22-15(17-12)10-18-8-4-2-3-6-13(18)14-7-5-9-21-14/h5,7,9,11,13H,2-4,6,8,10H2,1H3/t13-/m1/s1. The monoisotopic (exact) mass is 304 g/mol. The Bertz CT molecular complexity index is 605. The van der Waals surface area contributed by atoms with E-state index in [2.05, 4.69) is 14.6 Å². The molecule has 2 aromatic heterocycles. The highest BCUT2D eigenvalue weighted by molar-refractivity contribution is 5.86. The van der Waals surface area contributed by atoms with Crippen LogP contribution in [0.1, 0.15) is 53.9 Å². The Balaban J connectivity index is 1.75. The highest BCUT2D eigenvalue weighted by Crippen LogP contribution is 2.31. The minimum atomic E-state index is -0.478. The van der Waals surface area contributed by atoms with Crippen LogP contribution in [0, 0.1) is 0 Å². The van der Waals surface area contributed by atoms with E-state index in [9.17, 15) is 4.79 Å². The summed E-state index contributed by atoms with van der Waals surface area (Å²) in [7, 11) is 1.33. The molecule has 6 heteroatoms. The van der Waals surface area contributed by atoms with Crippen molar-refractivity contribution in [3.05, 3.63) is 42.0 Å². The maximum atomic E-state index is 11.5. The van der Waals surface area contributed by atoms with E-state index < -0.39 is 5.97 Å². The molecule has 0 unspecified atom stereocenters. The summed E-state index contributed by atoms with van der Waals surface area (Å²) in [6.07, 6.45) is 7.65. The van der Waals surface area contributed by atoms with Gasteiger partial charge in [0.15, 0.2) is 5.69 Å². The third kappa shape index (κ3) is 3.22. The summed E-state index contributed by atoms with van der Waals surface area (Å²) in [5, 5.41) is 0. The lowest BCUT2D eigenvalue weighted by atomic mass is 10.1. The first-order chi connectivity index (χ1) is 10.8. The van der Waals surface area contributed by atoms with Crippen molar-refractivity contribution < 1.29 is 18.4 Å². The van der Waals surface area contributed by atoms with E-state index in [0.29, 0.717) is 12.4 Å². The van der Waals surface area contributed by atoms with E-state index in [1.54, 1.807) is 6.26 Å². The zero-order valence-corrected chi connectivity index (χ0v) is 12.7. The summed E-state index contributed by atoms with van der Waals surface area (Å²) in [5.41, 5.74) is 0.210. The maximum absolute atomic E-state index is 11.5. The van der Waals surface area contributed by atoms with Gasteiger partial charge in [-0.1, -0.05) is 12.8 Å². The molecular formula is C16H20N2O4. The minimum absolute atomic E-state index is 0.210. The van der Waals surface area contributed by atoms with Gasteiger partial charge in [-0.3, -0.25) is 4.90 Å². The number of furan rings is 1. The molecule has 0 saturated carbocycles. The molecule has 1 aliphatic heterocycles. The van der Waals surface area contributed by atoms with Crippen LogP contribution in [-0.2, 0) is 11.3 Å². The van der Waals surface area contributed by atoms with Crippen LogP contribution in [0.25, 0.3) is 0 Å². The van der Waals surface area contributed by atoms with Gasteiger partial charge in [-0.25, -0.2) is 9.78 Å². The molecule has 0 radical (unpaired) electrons. The normalized spacial score (nSPS) is 19.8. The smallest absolute Gasteiger partial charge is 0.360 e. The summed E-state index contributed by atoms with van der Waals surface area (Å²) in [6.45, 7) is 1.52. The third-order valence-corrected chi connectivity index (χ3v) is 4.02. The molecule has 0 bridgehead atoms. The molecule has 0 amide bonds. The quantitative estimate of drug-likeness (QED) is 0.808. The van der Waals surface area contributed by atoms with E-state index in [0.717, 1.165) is 25.1 Å². The second-order valence-electron chi connectivity index (χ2n) is 5.47. The van der Waals surface area contributed by atoms with Gasteiger partial charge in [0.1, 0.15) is 12.0 Å². The van der Waals surface area contributed by atoms with Gasteiger partial charge < -0.3 is 13.6 Å². The Morgan fingerprint density at radius 1 is 1.41 bits per heavy atom. The van der Waals surface area contributed by atoms with Gasteiger partial charge in [0.05, 0.1) is 26.0 Å². The number of hydrogen-bond donors (Lipinski definition) is 0. The van der Waals surface area contributed by atoms with Crippen LogP contribution < -0.4 is 0 Å². The van der Waals surface area contributed by atoms with Crippen LogP contribution >= 0.6 is 0 Å². The number of aromatic nitrogens is 1. The molecule has 1 saturated heterocycles. The van der Waals surface area contributed by atoms with Crippen molar-refractivity contribution in [1.82, 2.24) is 9.88 Å². The van der Waals surface area contributed by atoms with Crippen LogP contribution in [0.3, 0.4) is 0 Å². The molecule has 6 nitrogen and oxygen atoms in total. The van der Waals surface area contributed by atoms with Gasteiger partial charge in [0.25, 0.3) is 0 Å². The number of ether oxygens (including phenoxy) is 1. The molecule has 0 spiro atoms. The van der Waals surface area contributed by atoms with E-state index in [4.69, 9.17) is 8.83 Å². The number of esters is 1. The Hall–Kier alpha value is -2.08. The average molecular weight is 304 g/mol. The zero-order chi connectivity index (χ0) is 15.4. The van der Waals surface area contributed by atoms with Crippen LogP contribution in [0.4, 0.5) is 0 Å². The summed E-state index contributed by atoms with van der Waals surface area (Å²) in [6, 6.07) is 4.16. The van der Waals surface area contributed by atoms with Gasteiger partial charge in [-0.15, -0.1) is 0 Å². The fourth-order valence-corrected chi connectivity index (χ4v) is 2.92. The number of methoxy groups -OCH3 is 1. The lowest BCUT2D eigenvalue weighted by molar-refractivity contribution is 0.0594. The molecule has 3 rings (SSSR count). The first kappa shape index (κ1) is 14.8. The first-order valence-corrected chi connectivity index (χ1v) is 7.58. The average Bonchev–Trinajstić information content (AvgIpc) is 3.16. The van der Waals surface area contributed by atoms with Crippen molar-refractivity contribution in [3.8, 4) is 0 Å². The third-order valence-electron chi connectivity index (χ3n) is 4.02. The lowest BCUT2D eigenvalue weighted by Gasteiger charge is -2.26. The molecule has 0 aliphatic carbocycles. The molecule has 0 aromatic carbocycles. The van der Waals surface area contributed by atoms with Crippen molar-refractivity contribution in [1.29, 1.82) is 0 Å². The molecule has 1 aliphatic rings. The lowest BCUT2D eigenvalue weighted by Crippen LogP contribution is -2.28. The minimum Gasteiger partial charge on any atom is -0.468 e. The SMILES string of the molecule is COC(=O)c1coc(CN2CCCCC[C@@H]2c2ccco2)n1. The predicted octanol–water partition coefficient (Wildman–Crippen LogP) is 3.17. The van der Waals surface area contributed by atoms with E-state index in [1.165, 1.54) is 26.2 Å². The number of rotatable bonds is 4. The molecule has 1 fully saturated rings. The molecule has 1 atom stereocenters. The zero-order valence-electron chi connectivity index (χ0n) is 12.7. The van der Waals surface area contributed by atoms with Crippen molar-refractivity contribution in [2.45, 2.75) is 38.3 Å². The number of oxazole rings is 1. The van der Waals surface area contributed by atoms with Gasteiger partial charge in [0.2, 0.25) is 5.89 Å². The van der Waals surface area contributed by atoms with Crippen LogP contribution in [0.2, 0.25) is 0 Å². The number of hydrogen-bond acceptors (Lipinski definition) is 6. The number of likely N-dealkylation sites (tertiary alicyclic amines) is 1. The van der Waals surface area contributed by atoms with E-state index in [1.807, 2.05) is 12.1 Å². The second kappa shape index (κ2) is 6.79. The largest absolute Gasteiger partial charge is 0.468 e. The molecule has 3 heterocycles. The Morgan fingerprint density at radius 2 is 2.32 bits per heavy atom. The Kier molecular flexibility index (Phi) is 4.58. The van der Waals surface area contributed by atoms with E-state index in [-0.39, 0.29) is 11.7 Å². The molecular weight excluding hydrogens is 284 g/mol. The van der Waals surface area contributed by atoms with Crippen molar-refractivity contribution in [3.63, 3.8) is 0 Å². The summed E-state index contributed by atoms with van der Waals surface area (Å²) >= 11 is 0. The summed E-state index contributed by atoms with van der Waals surface area (Å²) in [4.78, 5) is 18.0. The van der Waals surface area contributed by atoms with Crippen molar-refractivity contribution in [2.24, 2.45) is 0 Å². The van der Waals surface area contributed by atoms with Gasteiger partial charge in [0, 0.05) is 0 Å². The highest BCUT2D eigenvalue weighted by atomic mass is 16.5. The second-order valence-corrected chi connectivity index (χ2v) is 5.47. The van der Waals surface area contributed by atoms with Crippen molar-refractivity contribution >= 4 is 5.97 Å². The fourth-order valence-electron chi connectivity index (χ4n) is 2.92. The summed E-state index contributed by atoms with van der Waals surface area (Å²) < 4.78 is 15.7. The van der Waals surface area contributed by atoms with E-state index >= 15 is 0 Å². The molecule has 0 N–H and O–H groups in total. The van der Waals surface area contributed by atoms with Crippen LogP contribution in [0.15, 0.2) is 33.5 Å². The maximum Gasteiger partial charge on any atom is 0.360 e. The first-order valence-electron chi connectivity index (χ1n) is 7.58. The van der Waals surface area contributed by atoms with Crippen LogP contribution in [0.5, 0.6) is 0 Å². The number of nitrogens with zero attached hydrogens (tertiary/aromatic N) is 2. The molecule has 2 aromatic rings. The predicted molar refractivity (Wildman–Crippen MR) is 78.2 cm³/mol.